The van der Waals surface area contributed by atoms with Crippen LogP contribution in [0.2, 0.25) is 0 Å². The maximum absolute atomic E-state index is 14.0. The summed E-state index contributed by atoms with van der Waals surface area (Å²) in [4.78, 5) is 44.8. The summed E-state index contributed by atoms with van der Waals surface area (Å²) in [6, 6.07) is 33.7. The molecular weight excluding hydrogens is 548 g/mol. The lowest BCUT2D eigenvalue weighted by molar-refractivity contribution is -0.0130. The van der Waals surface area contributed by atoms with Gasteiger partial charge in [0.15, 0.2) is 6.23 Å². The fourth-order valence-electron chi connectivity index (χ4n) is 7.01. The van der Waals surface area contributed by atoms with Crippen molar-refractivity contribution in [1.82, 2.24) is 9.80 Å². The summed E-state index contributed by atoms with van der Waals surface area (Å²) < 4.78 is 0. The largest absolute Gasteiger partial charge is 0.369 e. The lowest BCUT2D eigenvalue weighted by atomic mass is 9.84. The summed E-state index contributed by atoms with van der Waals surface area (Å²) in [5, 5.41) is 16.8. The van der Waals surface area contributed by atoms with E-state index in [1.165, 1.54) is 9.80 Å². The molecule has 0 saturated carbocycles. The number of benzene rings is 6. The Balaban J connectivity index is 1.20. The highest BCUT2D eigenvalue weighted by Gasteiger charge is 2.42. The molecule has 2 aliphatic heterocycles. The summed E-state index contributed by atoms with van der Waals surface area (Å²) in [6.07, 6.45) is -1.25. The molecule has 0 spiro atoms. The molecule has 6 nitrogen and oxygen atoms in total. The second-order valence-electron chi connectivity index (χ2n) is 11.7. The van der Waals surface area contributed by atoms with E-state index in [2.05, 4.69) is 0 Å². The van der Waals surface area contributed by atoms with Crippen molar-refractivity contribution in [2.24, 2.45) is 0 Å². The fourth-order valence-corrected chi connectivity index (χ4v) is 7.01. The molecule has 0 radical (unpaired) electrons. The van der Waals surface area contributed by atoms with Crippen molar-refractivity contribution in [3.05, 3.63) is 143 Å². The van der Waals surface area contributed by atoms with E-state index in [-0.39, 0.29) is 5.91 Å². The molecule has 0 aliphatic carbocycles. The molecule has 8 rings (SSSR count). The maximum Gasteiger partial charge on any atom is 0.261 e. The van der Waals surface area contributed by atoms with E-state index in [4.69, 9.17) is 0 Å². The van der Waals surface area contributed by atoms with Crippen LogP contribution in [0.4, 0.5) is 0 Å². The monoisotopic (exact) mass is 576 g/mol. The Kier molecular flexibility index (Phi) is 5.74. The fraction of sp³-hybridized carbons (Fsp3) is 0.132. The number of fused-ring (bicyclic) bond motifs is 2. The highest BCUT2D eigenvalue weighted by molar-refractivity contribution is 6.28. The molecule has 6 aromatic carbocycles. The van der Waals surface area contributed by atoms with Crippen LogP contribution in [0.15, 0.2) is 109 Å². The van der Waals surface area contributed by atoms with Crippen molar-refractivity contribution in [3.63, 3.8) is 0 Å². The zero-order valence-electron chi connectivity index (χ0n) is 24.2. The number of amides is 3. The minimum absolute atomic E-state index is 0.346. The molecule has 6 aromatic rings. The molecule has 2 heterocycles. The number of hydrogen-bond acceptors (Lipinski definition) is 4. The zero-order chi connectivity index (χ0) is 30.3. The Bertz CT molecular complexity index is 2200. The number of carbonyl (C=O) groups is 3. The van der Waals surface area contributed by atoms with Gasteiger partial charge in [0.1, 0.15) is 0 Å². The van der Waals surface area contributed by atoms with Gasteiger partial charge in [-0.05, 0) is 76.9 Å². The smallest absolute Gasteiger partial charge is 0.261 e. The molecule has 6 heteroatoms. The highest BCUT2D eigenvalue weighted by atomic mass is 16.3. The van der Waals surface area contributed by atoms with Gasteiger partial charge in [0.2, 0.25) is 0 Å². The van der Waals surface area contributed by atoms with Gasteiger partial charge in [-0.25, -0.2) is 0 Å². The van der Waals surface area contributed by atoms with Gasteiger partial charge in [-0.1, -0.05) is 78.9 Å². The molecule has 0 fully saturated rings. The number of hydrogen-bond donors (Lipinski definition) is 1. The molecule has 2 aliphatic rings. The van der Waals surface area contributed by atoms with E-state index in [1.54, 1.807) is 24.3 Å². The van der Waals surface area contributed by atoms with Crippen LogP contribution in [0.1, 0.15) is 79.9 Å². The van der Waals surface area contributed by atoms with Crippen LogP contribution in [0, 0.1) is 0 Å². The van der Waals surface area contributed by atoms with E-state index in [0.29, 0.717) is 33.0 Å². The molecule has 0 bridgehead atoms. The molecule has 3 atom stereocenters. The first kappa shape index (κ1) is 26.3. The third kappa shape index (κ3) is 3.68. The summed E-state index contributed by atoms with van der Waals surface area (Å²) in [5.74, 6) is -1.18. The lowest BCUT2D eigenvalue weighted by Crippen LogP contribution is -2.43. The molecule has 214 valence electrons. The van der Waals surface area contributed by atoms with E-state index in [9.17, 15) is 19.5 Å². The van der Waals surface area contributed by atoms with Crippen LogP contribution in [-0.2, 0) is 0 Å². The standard InChI is InChI=1S/C38H28N2O4/c1-21(25-13-11-23-7-3-5-9-27(23)19-25)39-35(41)29-15-17-31-34-32(18-16-30(33(29)34)36(39)42)38(44)40(37(31)43)22(2)26-14-12-24-8-4-6-10-28(24)20-26/h3-22,35,41H,1-2H3/t21-,22-,35?/m0/s1. The van der Waals surface area contributed by atoms with Gasteiger partial charge in [0, 0.05) is 33.0 Å². The Labute approximate surface area is 253 Å². The van der Waals surface area contributed by atoms with E-state index < -0.39 is 30.1 Å². The van der Waals surface area contributed by atoms with Crippen LogP contribution in [0.3, 0.4) is 0 Å². The van der Waals surface area contributed by atoms with Crippen molar-refractivity contribution in [1.29, 1.82) is 0 Å². The Morgan fingerprint density at radius 2 is 1.02 bits per heavy atom. The molecule has 1 N–H and O–H groups in total. The van der Waals surface area contributed by atoms with Crippen LogP contribution in [-0.4, -0.2) is 32.6 Å². The molecule has 0 aromatic heterocycles. The Morgan fingerprint density at radius 1 is 0.545 bits per heavy atom. The first-order valence-corrected chi connectivity index (χ1v) is 14.8. The molecule has 1 unspecified atom stereocenters. The second kappa shape index (κ2) is 9.59. The first-order chi connectivity index (χ1) is 21.3. The van der Waals surface area contributed by atoms with Gasteiger partial charge in [0.25, 0.3) is 17.7 Å². The van der Waals surface area contributed by atoms with Crippen LogP contribution in [0.25, 0.3) is 32.3 Å². The SMILES string of the molecule is C[C@@H](c1ccc2ccccc2c1)N1C(=O)c2ccc3c4c(ccc(c24)C1=O)C(O)N([C@@H](C)c1ccc2ccccc2c1)C3=O. The summed E-state index contributed by atoms with van der Waals surface area (Å²) in [7, 11) is 0. The number of aliphatic hydroxyl groups is 1. The van der Waals surface area contributed by atoms with Crippen LogP contribution in [0.5, 0.6) is 0 Å². The lowest BCUT2D eigenvalue weighted by Gasteiger charge is -2.40. The van der Waals surface area contributed by atoms with E-state index in [0.717, 1.165) is 32.7 Å². The molecular formula is C38H28N2O4. The zero-order valence-corrected chi connectivity index (χ0v) is 24.2. The average Bonchev–Trinajstić information content (AvgIpc) is 3.05. The Morgan fingerprint density at radius 3 is 1.59 bits per heavy atom. The van der Waals surface area contributed by atoms with Gasteiger partial charge in [-0.3, -0.25) is 19.3 Å². The normalized spacial score (nSPS) is 17.5. The summed E-state index contributed by atoms with van der Waals surface area (Å²) >= 11 is 0. The topological polar surface area (TPSA) is 77.9 Å². The number of rotatable bonds is 4. The van der Waals surface area contributed by atoms with Crippen molar-refractivity contribution in [2.45, 2.75) is 32.2 Å². The minimum Gasteiger partial charge on any atom is -0.369 e. The van der Waals surface area contributed by atoms with Crippen LogP contribution < -0.4 is 0 Å². The summed E-state index contributed by atoms with van der Waals surface area (Å²) in [6.45, 7) is 3.76. The predicted molar refractivity (Wildman–Crippen MR) is 170 cm³/mol. The quantitative estimate of drug-likeness (QED) is 0.218. The van der Waals surface area contributed by atoms with E-state index in [1.807, 2.05) is 98.8 Å². The minimum atomic E-state index is -1.25. The number of imide groups is 1. The van der Waals surface area contributed by atoms with Crippen molar-refractivity contribution in [3.8, 4) is 0 Å². The van der Waals surface area contributed by atoms with Gasteiger partial charge in [-0.15, -0.1) is 0 Å². The number of carbonyl (C=O) groups excluding carboxylic acids is 3. The van der Waals surface area contributed by atoms with E-state index >= 15 is 0 Å². The third-order valence-electron chi connectivity index (χ3n) is 9.41. The molecule has 44 heavy (non-hydrogen) atoms. The summed E-state index contributed by atoms with van der Waals surface area (Å²) in [5.41, 5.74) is 3.32. The predicted octanol–water partition coefficient (Wildman–Crippen LogP) is 7.71. The molecule has 0 saturated heterocycles. The van der Waals surface area contributed by atoms with Gasteiger partial charge >= 0.3 is 0 Å². The highest BCUT2D eigenvalue weighted by Crippen LogP contribution is 2.45. The van der Waals surface area contributed by atoms with Crippen molar-refractivity contribution >= 4 is 50.0 Å². The van der Waals surface area contributed by atoms with Gasteiger partial charge in [0.05, 0.1) is 12.1 Å². The van der Waals surface area contributed by atoms with Crippen LogP contribution >= 0.6 is 0 Å². The van der Waals surface area contributed by atoms with Crippen molar-refractivity contribution < 1.29 is 19.5 Å². The number of aliphatic hydroxyl groups excluding tert-OH is 1. The first-order valence-electron chi connectivity index (χ1n) is 14.8. The average molecular weight is 577 g/mol. The number of nitrogens with zero attached hydrogens (tertiary/aromatic N) is 2. The van der Waals surface area contributed by atoms with Crippen molar-refractivity contribution in [2.75, 3.05) is 0 Å². The van der Waals surface area contributed by atoms with Gasteiger partial charge in [-0.2, -0.15) is 0 Å². The Hall–Kier alpha value is -5.33. The second-order valence-corrected chi connectivity index (χ2v) is 11.7. The molecule has 3 amide bonds. The maximum atomic E-state index is 14.0. The van der Waals surface area contributed by atoms with Gasteiger partial charge < -0.3 is 10.0 Å². The third-order valence-corrected chi connectivity index (χ3v) is 9.41.